The number of para-hydroxylation sites is 2. The van der Waals surface area contributed by atoms with Crippen molar-refractivity contribution in [2.45, 2.75) is 11.3 Å². The highest BCUT2D eigenvalue weighted by Gasteiger charge is 2.18. The third-order valence-electron chi connectivity index (χ3n) is 4.77. The molecular formula is C24H24FN3O5S. The number of anilines is 1. The summed E-state index contributed by atoms with van der Waals surface area (Å²) in [6.07, 6.45) is 0.0906. The minimum absolute atomic E-state index is 0.0846. The quantitative estimate of drug-likeness (QED) is 0.382. The molecular weight excluding hydrogens is 461 g/mol. The third-order valence-corrected chi connectivity index (χ3v) is 6.13. The first-order valence-electron chi connectivity index (χ1n) is 10.3. The minimum Gasteiger partial charge on any atom is -0.495 e. The molecule has 0 heterocycles. The molecule has 0 spiro atoms. The highest BCUT2D eigenvalue weighted by molar-refractivity contribution is 7.92. The lowest BCUT2D eigenvalue weighted by Gasteiger charge is -2.12. The van der Waals surface area contributed by atoms with Crippen LogP contribution in [0.25, 0.3) is 0 Å². The second kappa shape index (κ2) is 11.3. The van der Waals surface area contributed by atoms with Crippen molar-refractivity contribution in [3.05, 3.63) is 89.7 Å². The molecule has 0 radical (unpaired) electrons. The molecule has 0 atom stereocenters. The lowest BCUT2D eigenvalue weighted by molar-refractivity contribution is -0.120. The van der Waals surface area contributed by atoms with Gasteiger partial charge < -0.3 is 15.4 Å². The van der Waals surface area contributed by atoms with E-state index in [2.05, 4.69) is 15.4 Å². The fourth-order valence-corrected chi connectivity index (χ4v) is 4.18. The Labute approximate surface area is 197 Å². The zero-order valence-corrected chi connectivity index (χ0v) is 19.2. The molecule has 2 amide bonds. The van der Waals surface area contributed by atoms with Gasteiger partial charge in [0.15, 0.2) is 0 Å². The van der Waals surface area contributed by atoms with Crippen molar-refractivity contribution >= 4 is 27.5 Å². The molecule has 0 fully saturated rings. The van der Waals surface area contributed by atoms with Crippen LogP contribution in [0, 0.1) is 5.82 Å². The van der Waals surface area contributed by atoms with Crippen molar-refractivity contribution in [3.63, 3.8) is 0 Å². The van der Waals surface area contributed by atoms with E-state index in [1.807, 2.05) is 0 Å². The van der Waals surface area contributed by atoms with Gasteiger partial charge in [-0.1, -0.05) is 30.3 Å². The molecule has 3 aromatic rings. The molecule has 0 aliphatic carbocycles. The number of halogens is 1. The largest absolute Gasteiger partial charge is 0.495 e. The molecule has 3 rings (SSSR count). The standard InChI is InChI=1S/C24H24FN3O5S/c1-33-22-8-3-2-7-21(22)28-34(31,32)20-6-4-5-18(16-20)24(30)27-14-13-26-23(29)15-17-9-11-19(25)12-10-17/h2-12,16,28H,13-15H2,1H3,(H,26,29)(H,27,30). The van der Waals surface area contributed by atoms with Crippen LogP contribution in [-0.2, 0) is 21.2 Å². The number of methoxy groups -OCH3 is 1. The number of ether oxygens (including phenoxy) is 1. The van der Waals surface area contributed by atoms with Gasteiger partial charge >= 0.3 is 0 Å². The Morgan fingerprint density at radius 1 is 0.912 bits per heavy atom. The minimum atomic E-state index is -3.96. The van der Waals surface area contributed by atoms with Gasteiger partial charge in [0, 0.05) is 18.7 Å². The van der Waals surface area contributed by atoms with Gasteiger partial charge in [-0.3, -0.25) is 14.3 Å². The molecule has 34 heavy (non-hydrogen) atoms. The fourth-order valence-electron chi connectivity index (χ4n) is 3.07. The van der Waals surface area contributed by atoms with Crippen LogP contribution in [0.1, 0.15) is 15.9 Å². The predicted octanol–water partition coefficient (Wildman–Crippen LogP) is 2.72. The molecule has 8 nitrogen and oxygen atoms in total. The molecule has 0 saturated carbocycles. The molecule has 178 valence electrons. The highest BCUT2D eigenvalue weighted by atomic mass is 32.2. The summed E-state index contributed by atoms with van der Waals surface area (Å²) in [6.45, 7) is 0.323. The van der Waals surface area contributed by atoms with E-state index in [0.717, 1.165) is 0 Å². The predicted molar refractivity (Wildman–Crippen MR) is 126 cm³/mol. The van der Waals surface area contributed by atoms with Crippen LogP contribution < -0.4 is 20.1 Å². The summed E-state index contributed by atoms with van der Waals surface area (Å²) in [6, 6.07) is 17.8. The van der Waals surface area contributed by atoms with E-state index in [1.54, 1.807) is 24.3 Å². The van der Waals surface area contributed by atoms with Crippen LogP contribution in [-0.4, -0.2) is 40.4 Å². The lowest BCUT2D eigenvalue weighted by atomic mass is 10.1. The van der Waals surface area contributed by atoms with Crippen molar-refractivity contribution < 1.29 is 27.1 Å². The monoisotopic (exact) mass is 485 g/mol. The SMILES string of the molecule is COc1ccccc1NS(=O)(=O)c1cccc(C(=O)NCCNC(=O)Cc2ccc(F)cc2)c1. The Kier molecular flexibility index (Phi) is 8.20. The zero-order chi connectivity index (χ0) is 24.6. The maximum Gasteiger partial charge on any atom is 0.262 e. The summed E-state index contributed by atoms with van der Waals surface area (Å²) >= 11 is 0. The van der Waals surface area contributed by atoms with Gasteiger partial charge in [0.1, 0.15) is 11.6 Å². The van der Waals surface area contributed by atoms with E-state index in [1.165, 1.54) is 55.6 Å². The maximum atomic E-state index is 12.9. The average molecular weight is 486 g/mol. The normalized spacial score (nSPS) is 10.9. The second-order valence-corrected chi connectivity index (χ2v) is 8.93. The number of hydrogen-bond donors (Lipinski definition) is 3. The van der Waals surface area contributed by atoms with Gasteiger partial charge in [-0.15, -0.1) is 0 Å². The molecule has 0 aliphatic heterocycles. The summed E-state index contributed by atoms with van der Waals surface area (Å²) in [4.78, 5) is 24.3. The Hall–Kier alpha value is -3.92. The first kappa shape index (κ1) is 24.7. The smallest absolute Gasteiger partial charge is 0.262 e. The van der Waals surface area contributed by atoms with Crippen LogP contribution in [0.2, 0.25) is 0 Å². The van der Waals surface area contributed by atoms with E-state index in [9.17, 15) is 22.4 Å². The maximum absolute atomic E-state index is 12.9. The number of carbonyl (C=O) groups excluding carboxylic acids is 2. The topological polar surface area (TPSA) is 114 Å². The highest BCUT2D eigenvalue weighted by Crippen LogP contribution is 2.26. The van der Waals surface area contributed by atoms with E-state index in [0.29, 0.717) is 11.3 Å². The summed E-state index contributed by atoms with van der Waals surface area (Å²) in [7, 11) is -2.53. The average Bonchev–Trinajstić information content (AvgIpc) is 2.83. The fraction of sp³-hybridized carbons (Fsp3) is 0.167. The summed E-state index contributed by atoms with van der Waals surface area (Å²) in [5.74, 6) is -0.765. The molecule has 3 N–H and O–H groups in total. The molecule has 0 unspecified atom stereocenters. The number of rotatable bonds is 10. The van der Waals surface area contributed by atoms with Gasteiger partial charge in [-0.05, 0) is 48.0 Å². The van der Waals surface area contributed by atoms with Crippen molar-refractivity contribution in [3.8, 4) is 5.75 Å². The Balaban J connectivity index is 1.54. The van der Waals surface area contributed by atoms with Crippen molar-refractivity contribution in [2.75, 3.05) is 24.9 Å². The number of carbonyl (C=O) groups is 2. The van der Waals surface area contributed by atoms with Crippen LogP contribution in [0.4, 0.5) is 10.1 Å². The number of hydrogen-bond acceptors (Lipinski definition) is 5. The number of nitrogens with one attached hydrogen (secondary N) is 3. The van der Waals surface area contributed by atoms with E-state index < -0.39 is 15.9 Å². The van der Waals surface area contributed by atoms with Crippen molar-refractivity contribution in [2.24, 2.45) is 0 Å². The summed E-state index contributed by atoms with van der Waals surface area (Å²) in [5, 5.41) is 5.29. The van der Waals surface area contributed by atoms with Gasteiger partial charge in [-0.25, -0.2) is 12.8 Å². The van der Waals surface area contributed by atoms with Crippen LogP contribution >= 0.6 is 0 Å². The Morgan fingerprint density at radius 2 is 1.62 bits per heavy atom. The molecule has 0 aliphatic rings. The number of benzene rings is 3. The first-order valence-corrected chi connectivity index (χ1v) is 11.8. The number of sulfonamides is 1. The van der Waals surface area contributed by atoms with Gasteiger partial charge in [-0.2, -0.15) is 0 Å². The van der Waals surface area contributed by atoms with Crippen LogP contribution in [0.3, 0.4) is 0 Å². The lowest BCUT2D eigenvalue weighted by Crippen LogP contribution is -2.35. The van der Waals surface area contributed by atoms with Crippen molar-refractivity contribution in [1.29, 1.82) is 0 Å². The van der Waals surface area contributed by atoms with E-state index >= 15 is 0 Å². The molecule has 0 bridgehead atoms. The zero-order valence-electron chi connectivity index (χ0n) is 18.4. The van der Waals surface area contributed by atoms with Crippen LogP contribution in [0.5, 0.6) is 5.75 Å². The molecule has 10 heteroatoms. The van der Waals surface area contributed by atoms with E-state index in [-0.39, 0.29) is 47.4 Å². The second-order valence-electron chi connectivity index (χ2n) is 7.24. The Bertz CT molecular complexity index is 1260. The Morgan fingerprint density at radius 3 is 2.35 bits per heavy atom. The van der Waals surface area contributed by atoms with Gasteiger partial charge in [0.2, 0.25) is 5.91 Å². The summed E-state index contributed by atoms with van der Waals surface area (Å²) < 4.78 is 46.1. The third kappa shape index (κ3) is 6.79. The number of amides is 2. The van der Waals surface area contributed by atoms with Gasteiger partial charge in [0.05, 0.1) is 24.1 Å². The van der Waals surface area contributed by atoms with Crippen molar-refractivity contribution in [1.82, 2.24) is 10.6 Å². The van der Waals surface area contributed by atoms with E-state index in [4.69, 9.17) is 4.74 Å². The van der Waals surface area contributed by atoms with Gasteiger partial charge in [0.25, 0.3) is 15.9 Å². The molecule has 0 aromatic heterocycles. The van der Waals surface area contributed by atoms with Crippen LogP contribution in [0.15, 0.2) is 77.7 Å². The molecule has 3 aromatic carbocycles. The summed E-state index contributed by atoms with van der Waals surface area (Å²) in [5.41, 5.74) is 1.10. The first-order chi connectivity index (χ1) is 16.3. The molecule has 0 saturated heterocycles.